The molecule has 0 saturated carbocycles. The van der Waals surface area contributed by atoms with Crippen molar-refractivity contribution in [2.24, 2.45) is 0 Å². The standard InChI is InChI=1S/C28H26ClN3O6S2/c1-20-26(29)9-6-10-27(20)32(40(36,37)25-7-4-3-5-8-25)19-28(33)30-21-13-17-24(18-14-21)39(34,35)31-22-11-15-23(38-2)16-12-22/h3-18,31H,19H2,1-2H3,(H,30,33). The number of ether oxygens (including phenoxy) is 1. The number of rotatable bonds is 10. The topological polar surface area (TPSA) is 122 Å². The Morgan fingerprint density at radius 3 is 2.05 bits per heavy atom. The molecule has 1 amide bonds. The number of benzene rings is 4. The highest BCUT2D eigenvalue weighted by Gasteiger charge is 2.28. The van der Waals surface area contributed by atoms with E-state index >= 15 is 0 Å². The molecule has 208 valence electrons. The van der Waals surface area contributed by atoms with Crippen molar-refractivity contribution in [3.8, 4) is 5.75 Å². The fourth-order valence-electron chi connectivity index (χ4n) is 3.81. The van der Waals surface area contributed by atoms with Gasteiger partial charge in [0, 0.05) is 16.4 Å². The molecule has 4 aromatic rings. The van der Waals surface area contributed by atoms with Gasteiger partial charge in [-0.1, -0.05) is 35.9 Å². The van der Waals surface area contributed by atoms with Crippen LogP contribution in [0.5, 0.6) is 5.75 Å². The Morgan fingerprint density at radius 1 is 0.800 bits per heavy atom. The summed E-state index contributed by atoms with van der Waals surface area (Å²) in [6.45, 7) is 1.12. The zero-order valence-corrected chi connectivity index (χ0v) is 23.9. The van der Waals surface area contributed by atoms with Gasteiger partial charge in [0.1, 0.15) is 12.3 Å². The molecule has 4 aromatic carbocycles. The summed E-state index contributed by atoms with van der Waals surface area (Å²) < 4.78 is 61.2. The summed E-state index contributed by atoms with van der Waals surface area (Å²) in [6.07, 6.45) is 0. The summed E-state index contributed by atoms with van der Waals surface area (Å²) in [5.41, 5.74) is 1.40. The van der Waals surface area contributed by atoms with E-state index in [1.165, 1.54) is 43.5 Å². The highest BCUT2D eigenvalue weighted by Crippen LogP contribution is 2.31. The van der Waals surface area contributed by atoms with E-state index in [1.807, 2.05) is 0 Å². The zero-order chi connectivity index (χ0) is 28.9. The summed E-state index contributed by atoms with van der Waals surface area (Å²) >= 11 is 6.25. The van der Waals surface area contributed by atoms with Crippen LogP contribution >= 0.6 is 11.6 Å². The quantitative estimate of drug-likeness (QED) is 0.255. The number of anilines is 3. The third kappa shape index (κ3) is 6.56. The van der Waals surface area contributed by atoms with E-state index in [4.69, 9.17) is 16.3 Å². The number of hydrogen-bond donors (Lipinski definition) is 2. The smallest absolute Gasteiger partial charge is 0.264 e. The number of nitrogens with zero attached hydrogens (tertiary/aromatic N) is 1. The fourth-order valence-corrected chi connectivity index (χ4v) is 6.53. The first-order valence-corrected chi connectivity index (χ1v) is 15.2. The van der Waals surface area contributed by atoms with Crippen molar-refractivity contribution in [1.82, 2.24) is 0 Å². The van der Waals surface area contributed by atoms with E-state index in [-0.39, 0.29) is 21.2 Å². The Kier molecular flexibility index (Phi) is 8.67. The van der Waals surface area contributed by atoms with E-state index in [9.17, 15) is 21.6 Å². The number of carbonyl (C=O) groups excluding carboxylic acids is 1. The van der Waals surface area contributed by atoms with E-state index in [0.29, 0.717) is 22.0 Å². The average Bonchev–Trinajstić information content (AvgIpc) is 2.94. The van der Waals surface area contributed by atoms with Crippen LogP contribution in [-0.2, 0) is 24.8 Å². The maximum Gasteiger partial charge on any atom is 0.264 e. The molecule has 9 nitrogen and oxygen atoms in total. The minimum absolute atomic E-state index is 0.0149. The molecule has 40 heavy (non-hydrogen) atoms. The van der Waals surface area contributed by atoms with Gasteiger partial charge in [-0.2, -0.15) is 0 Å². The lowest BCUT2D eigenvalue weighted by molar-refractivity contribution is -0.114. The Balaban J connectivity index is 1.53. The minimum atomic E-state index is -4.12. The van der Waals surface area contributed by atoms with Crippen LogP contribution in [0.4, 0.5) is 17.1 Å². The predicted octanol–water partition coefficient (Wildman–Crippen LogP) is 5.29. The van der Waals surface area contributed by atoms with Crippen molar-refractivity contribution in [1.29, 1.82) is 0 Å². The summed E-state index contributed by atoms with van der Waals surface area (Å²) in [6, 6.07) is 24.5. The molecule has 0 aromatic heterocycles. The molecule has 0 heterocycles. The van der Waals surface area contributed by atoms with Gasteiger partial charge in [-0.15, -0.1) is 0 Å². The molecule has 0 unspecified atom stereocenters. The van der Waals surface area contributed by atoms with Crippen LogP contribution in [0.3, 0.4) is 0 Å². The van der Waals surface area contributed by atoms with Crippen molar-refractivity contribution in [2.75, 3.05) is 28.0 Å². The molecule has 0 spiro atoms. The van der Waals surface area contributed by atoms with Crippen molar-refractivity contribution in [2.45, 2.75) is 16.7 Å². The second-order valence-corrected chi connectivity index (χ2v) is 12.6. The number of amides is 1. The van der Waals surface area contributed by atoms with Gasteiger partial charge < -0.3 is 10.1 Å². The number of halogens is 1. The number of methoxy groups -OCH3 is 1. The molecule has 0 bridgehead atoms. The van der Waals surface area contributed by atoms with E-state index in [1.54, 1.807) is 67.6 Å². The van der Waals surface area contributed by atoms with Gasteiger partial charge in [0.2, 0.25) is 5.91 Å². The summed E-state index contributed by atoms with van der Waals surface area (Å²) in [7, 11) is -6.51. The maximum absolute atomic E-state index is 13.5. The highest BCUT2D eigenvalue weighted by molar-refractivity contribution is 7.93. The molecular weight excluding hydrogens is 574 g/mol. The monoisotopic (exact) mass is 599 g/mol. The summed E-state index contributed by atoms with van der Waals surface area (Å²) in [4.78, 5) is 13.0. The lowest BCUT2D eigenvalue weighted by Crippen LogP contribution is -2.38. The van der Waals surface area contributed by atoms with Gasteiger partial charge in [-0.3, -0.25) is 13.8 Å². The van der Waals surface area contributed by atoms with Crippen LogP contribution in [0.15, 0.2) is 107 Å². The van der Waals surface area contributed by atoms with Crippen molar-refractivity contribution in [3.63, 3.8) is 0 Å². The fraction of sp³-hybridized carbons (Fsp3) is 0.107. The molecule has 0 aliphatic carbocycles. The van der Waals surface area contributed by atoms with Crippen LogP contribution in [0.2, 0.25) is 5.02 Å². The highest BCUT2D eigenvalue weighted by atomic mass is 35.5. The number of nitrogens with one attached hydrogen (secondary N) is 2. The van der Waals surface area contributed by atoms with Crippen LogP contribution in [0.1, 0.15) is 5.56 Å². The van der Waals surface area contributed by atoms with E-state index < -0.39 is 32.5 Å². The average molecular weight is 600 g/mol. The number of carbonyl (C=O) groups is 1. The first-order chi connectivity index (χ1) is 19.0. The van der Waals surface area contributed by atoms with Gasteiger partial charge in [0.15, 0.2) is 0 Å². The molecule has 4 rings (SSSR count). The van der Waals surface area contributed by atoms with Gasteiger partial charge in [0.05, 0.1) is 22.6 Å². The molecule has 0 aliphatic heterocycles. The van der Waals surface area contributed by atoms with Crippen LogP contribution in [0, 0.1) is 6.92 Å². The second-order valence-electron chi connectivity index (χ2n) is 8.62. The van der Waals surface area contributed by atoms with Gasteiger partial charge in [-0.05, 0) is 85.3 Å². The SMILES string of the molecule is COc1ccc(NS(=O)(=O)c2ccc(NC(=O)CN(c3cccc(Cl)c3C)S(=O)(=O)c3ccccc3)cc2)cc1. The Hall–Kier alpha value is -4.06. The lowest BCUT2D eigenvalue weighted by atomic mass is 10.2. The third-order valence-corrected chi connectivity index (χ3v) is 9.50. The van der Waals surface area contributed by atoms with E-state index in [0.717, 1.165) is 4.31 Å². The van der Waals surface area contributed by atoms with E-state index in [2.05, 4.69) is 10.0 Å². The number of sulfonamides is 2. The molecular formula is C28H26ClN3O6S2. The molecule has 0 atom stereocenters. The van der Waals surface area contributed by atoms with Gasteiger partial charge in [-0.25, -0.2) is 16.8 Å². The van der Waals surface area contributed by atoms with Crippen LogP contribution in [0.25, 0.3) is 0 Å². The van der Waals surface area contributed by atoms with Crippen LogP contribution in [-0.4, -0.2) is 36.4 Å². The molecule has 2 N–H and O–H groups in total. The summed E-state index contributed by atoms with van der Waals surface area (Å²) in [5, 5.41) is 2.99. The zero-order valence-electron chi connectivity index (χ0n) is 21.5. The van der Waals surface area contributed by atoms with Crippen LogP contribution < -0.4 is 19.1 Å². The summed E-state index contributed by atoms with van der Waals surface area (Å²) in [5.74, 6) is -0.0467. The molecule has 12 heteroatoms. The molecule has 0 fully saturated rings. The molecule has 0 aliphatic rings. The Bertz CT molecular complexity index is 1710. The lowest BCUT2D eigenvalue weighted by Gasteiger charge is -2.26. The first kappa shape index (κ1) is 28.9. The normalized spacial score (nSPS) is 11.5. The number of hydrogen-bond acceptors (Lipinski definition) is 6. The second kappa shape index (κ2) is 12.0. The molecule has 0 saturated heterocycles. The van der Waals surface area contributed by atoms with Gasteiger partial charge >= 0.3 is 0 Å². The minimum Gasteiger partial charge on any atom is -0.497 e. The largest absolute Gasteiger partial charge is 0.497 e. The van der Waals surface area contributed by atoms with Crippen molar-refractivity contribution in [3.05, 3.63) is 108 Å². The predicted molar refractivity (Wildman–Crippen MR) is 156 cm³/mol. The Labute approximate surface area is 238 Å². The van der Waals surface area contributed by atoms with Crippen molar-refractivity contribution >= 4 is 54.6 Å². The third-order valence-electron chi connectivity index (χ3n) is 5.92. The molecule has 0 radical (unpaired) electrons. The first-order valence-electron chi connectivity index (χ1n) is 11.9. The maximum atomic E-state index is 13.5. The van der Waals surface area contributed by atoms with Gasteiger partial charge in [0.25, 0.3) is 20.0 Å². The Morgan fingerprint density at radius 2 is 1.43 bits per heavy atom. The van der Waals surface area contributed by atoms with Crippen molar-refractivity contribution < 1.29 is 26.4 Å².